The summed E-state index contributed by atoms with van der Waals surface area (Å²) in [5.41, 5.74) is 3.29. The molecule has 2 heterocycles. The molecule has 4 heteroatoms. The lowest BCUT2D eigenvalue weighted by molar-refractivity contribution is 0.0766. The van der Waals surface area contributed by atoms with Crippen LogP contribution in [0.2, 0.25) is 0 Å². The van der Waals surface area contributed by atoms with Crippen molar-refractivity contribution in [2.24, 2.45) is 0 Å². The number of hydrogen-bond acceptors (Lipinski definition) is 3. The van der Waals surface area contributed by atoms with E-state index in [0.29, 0.717) is 0 Å². The normalized spacial score (nSPS) is 19.0. The molecule has 18 heavy (non-hydrogen) atoms. The quantitative estimate of drug-likeness (QED) is 0.778. The largest absolute Gasteiger partial charge is 0.384 e. The van der Waals surface area contributed by atoms with E-state index in [1.165, 1.54) is 11.3 Å². The van der Waals surface area contributed by atoms with Crippen molar-refractivity contribution in [3.8, 4) is 0 Å². The highest BCUT2D eigenvalue weighted by Crippen LogP contribution is 2.23. The van der Waals surface area contributed by atoms with Crippen LogP contribution in [-0.4, -0.2) is 43.5 Å². The molecular weight excluding hydrogens is 226 g/mol. The highest BCUT2D eigenvalue weighted by Gasteiger charge is 2.19. The third-order valence-corrected chi connectivity index (χ3v) is 3.69. The van der Waals surface area contributed by atoms with E-state index < -0.39 is 0 Å². The molecule has 1 aromatic rings. The smallest absolute Gasteiger partial charge is 0.253 e. The van der Waals surface area contributed by atoms with Gasteiger partial charge < -0.3 is 15.5 Å². The van der Waals surface area contributed by atoms with Gasteiger partial charge in [0, 0.05) is 37.4 Å². The average Bonchev–Trinajstić information content (AvgIpc) is 2.69. The maximum atomic E-state index is 12.4. The number of amides is 1. The molecule has 0 atom stereocenters. The molecule has 3 rings (SSSR count). The monoisotopic (exact) mass is 245 g/mol. The van der Waals surface area contributed by atoms with Crippen LogP contribution in [0.25, 0.3) is 0 Å². The third kappa shape index (κ3) is 2.20. The van der Waals surface area contributed by atoms with Gasteiger partial charge in [-0.15, -0.1) is 0 Å². The number of carbonyl (C=O) groups excluding carboxylic acids is 1. The summed E-state index contributed by atoms with van der Waals surface area (Å²) in [5.74, 6) is 0.174. The number of nitrogens with one attached hydrogen (secondary N) is 2. The van der Waals surface area contributed by atoms with Gasteiger partial charge in [-0.25, -0.2) is 0 Å². The van der Waals surface area contributed by atoms with Gasteiger partial charge in [0.05, 0.1) is 0 Å². The van der Waals surface area contributed by atoms with Gasteiger partial charge in [-0.05, 0) is 43.1 Å². The van der Waals surface area contributed by atoms with Gasteiger partial charge in [0.25, 0.3) is 5.91 Å². The highest BCUT2D eigenvalue weighted by molar-refractivity contribution is 5.95. The molecule has 96 valence electrons. The molecule has 0 unspecified atom stereocenters. The topological polar surface area (TPSA) is 44.4 Å². The van der Waals surface area contributed by atoms with Gasteiger partial charge in [0.1, 0.15) is 0 Å². The Bertz CT molecular complexity index is 450. The van der Waals surface area contributed by atoms with E-state index in [1.54, 1.807) is 0 Å². The Kier molecular flexibility index (Phi) is 3.19. The first-order valence-corrected chi connectivity index (χ1v) is 6.71. The molecule has 0 radical (unpaired) electrons. The molecule has 2 N–H and O–H groups in total. The molecule has 0 saturated carbocycles. The Balaban J connectivity index is 1.79. The minimum atomic E-state index is 0.174. The Morgan fingerprint density at radius 3 is 3.06 bits per heavy atom. The Morgan fingerprint density at radius 2 is 2.11 bits per heavy atom. The predicted octanol–water partition coefficient (Wildman–Crippen LogP) is 1.09. The summed E-state index contributed by atoms with van der Waals surface area (Å²) in [6.07, 6.45) is 2.07. The number of carbonyl (C=O) groups is 1. The lowest BCUT2D eigenvalue weighted by atomic mass is 10.1. The summed E-state index contributed by atoms with van der Waals surface area (Å²) in [6, 6.07) is 6.03. The zero-order valence-electron chi connectivity index (χ0n) is 10.5. The minimum Gasteiger partial charge on any atom is -0.384 e. The number of benzene rings is 1. The zero-order valence-corrected chi connectivity index (χ0v) is 10.5. The third-order valence-electron chi connectivity index (χ3n) is 3.69. The van der Waals surface area contributed by atoms with Crippen LogP contribution in [0.15, 0.2) is 18.2 Å². The lowest BCUT2D eigenvalue weighted by Gasteiger charge is -2.20. The molecule has 0 spiro atoms. The van der Waals surface area contributed by atoms with Gasteiger partial charge in [0.15, 0.2) is 0 Å². The molecule has 0 aromatic heterocycles. The molecule has 1 saturated heterocycles. The van der Waals surface area contributed by atoms with Crippen LogP contribution in [0.1, 0.15) is 22.3 Å². The van der Waals surface area contributed by atoms with Crippen molar-refractivity contribution in [2.75, 3.05) is 38.0 Å². The predicted molar refractivity (Wildman–Crippen MR) is 72.0 cm³/mol. The van der Waals surface area contributed by atoms with Gasteiger partial charge in [-0.2, -0.15) is 0 Å². The van der Waals surface area contributed by atoms with Crippen molar-refractivity contribution in [1.82, 2.24) is 10.2 Å². The number of hydrogen-bond donors (Lipinski definition) is 2. The molecule has 1 fully saturated rings. The Labute approximate surface area is 107 Å². The summed E-state index contributed by atoms with van der Waals surface area (Å²) in [4.78, 5) is 14.4. The standard InChI is InChI=1S/C14H19N3O/c18-14(17-8-1-5-15-7-9-17)12-2-3-13-11(10-12)4-6-16-13/h2-3,10,15-16H,1,4-9H2. The van der Waals surface area contributed by atoms with Crippen molar-refractivity contribution in [2.45, 2.75) is 12.8 Å². The summed E-state index contributed by atoms with van der Waals surface area (Å²) in [5, 5.41) is 6.64. The van der Waals surface area contributed by atoms with Gasteiger partial charge >= 0.3 is 0 Å². The van der Waals surface area contributed by atoms with E-state index >= 15 is 0 Å². The highest BCUT2D eigenvalue weighted by atomic mass is 16.2. The summed E-state index contributed by atoms with van der Waals surface area (Å²) in [7, 11) is 0. The first-order chi connectivity index (χ1) is 8.84. The zero-order chi connectivity index (χ0) is 12.4. The summed E-state index contributed by atoms with van der Waals surface area (Å²) >= 11 is 0. The van der Waals surface area contributed by atoms with Crippen molar-refractivity contribution in [3.05, 3.63) is 29.3 Å². The molecule has 0 bridgehead atoms. The van der Waals surface area contributed by atoms with Gasteiger partial charge in [-0.1, -0.05) is 0 Å². The van der Waals surface area contributed by atoms with Crippen molar-refractivity contribution in [3.63, 3.8) is 0 Å². The van der Waals surface area contributed by atoms with E-state index in [4.69, 9.17) is 0 Å². The molecule has 2 aliphatic heterocycles. The van der Waals surface area contributed by atoms with E-state index in [9.17, 15) is 4.79 Å². The Hall–Kier alpha value is -1.55. The van der Waals surface area contributed by atoms with E-state index in [0.717, 1.165) is 51.1 Å². The SMILES string of the molecule is O=C(c1ccc2c(c1)CCN2)N1CCCNCC1. The maximum Gasteiger partial charge on any atom is 0.253 e. The van der Waals surface area contributed by atoms with Gasteiger partial charge in [0.2, 0.25) is 0 Å². The van der Waals surface area contributed by atoms with E-state index in [1.807, 2.05) is 17.0 Å². The second-order valence-corrected chi connectivity index (χ2v) is 4.94. The Morgan fingerprint density at radius 1 is 1.17 bits per heavy atom. The summed E-state index contributed by atoms with van der Waals surface area (Å²) in [6.45, 7) is 4.58. The van der Waals surface area contributed by atoms with E-state index in [-0.39, 0.29) is 5.91 Å². The van der Waals surface area contributed by atoms with Crippen LogP contribution < -0.4 is 10.6 Å². The fourth-order valence-corrected chi connectivity index (χ4v) is 2.67. The number of fused-ring (bicyclic) bond motifs is 1. The van der Waals surface area contributed by atoms with Crippen molar-refractivity contribution in [1.29, 1.82) is 0 Å². The van der Waals surface area contributed by atoms with Crippen LogP contribution in [0.5, 0.6) is 0 Å². The molecular formula is C14H19N3O. The number of anilines is 1. The lowest BCUT2D eigenvalue weighted by Crippen LogP contribution is -2.34. The first-order valence-electron chi connectivity index (χ1n) is 6.71. The first kappa shape index (κ1) is 11.5. The molecule has 1 aromatic carbocycles. The molecule has 4 nitrogen and oxygen atoms in total. The molecule has 2 aliphatic rings. The summed E-state index contributed by atoms with van der Waals surface area (Å²) < 4.78 is 0. The minimum absolute atomic E-state index is 0.174. The second kappa shape index (κ2) is 4.98. The fourth-order valence-electron chi connectivity index (χ4n) is 2.67. The average molecular weight is 245 g/mol. The van der Waals surface area contributed by atoms with Crippen LogP contribution in [0, 0.1) is 0 Å². The van der Waals surface area contributed by atoms with Crippen molar-refractivity contribution < 1.29 is 4.79 Å². The van der Waals surface area contributed by atoms with Gasteiger partial charge in [-0.3, -0.25) is 4.79 Å². The van der Waals surface area contributed by atoms with Crippen LogP contribution in [-0.2, 0) is 6.42 Å². The maximum absolute atomic E-state index is 12.4. The second-order valence-electron chi connectivity index (χ2n) is 4.94. The molecule has 0 aliphatic carbocycles. The fraction of sp³-hybridized carbons (Fsp3) is 0.500. The molecule has 1 amide bonds. The number of rotatable bonds is 1. The number of nitrogens with zero attached hydrogens (tertiary/aromatic N) is 1. The van der Waals surface area contributed by atoms with Crippen LogP contribution >= 0.6 is 0 Å². The van der Waals surface area contributed by atoms with Crippen LogP contribution in [0.4, 0.5) is 5.69 Å². The van der Waals surface area contributed by atoms with Crippen molar-refractivity contribution >= 4 is 11.6 Å². The van der Waals surface area contributed by atoms with Crippen LogP contribution in [0.3, 0.4) is 0 Å². The van der Waals surface area contributed by atoms with E-state index in [2.05, 4.69) is 16.7 Å².